The van der Waals surface area contributed by atoms with E-state index in [2.05, 4.69) is 39.8 Å². The maximum atomic E-state index is 13.1. The normalized spacial score (nSPS) is 19.6. The molecule has 0 saturated carbocycles. The third-order valence-electron chi connectivity index (χ3n) is 6.74. The minimum absolute atomic E-state index is 0.0125. The number of nitrogens with zero attached hydrogens (tertiary/aromatic N) is 2. The van der Waals surface area contributed by atoms with Crippen molar-refractivity contribution < 1.29 is 17.9 Å². The predicted octanol–water partition coefficient (Wildman–Crippen LogP) is 2.96. The number of piperidine rings is 1. The summed E-state index contributed by atoms with van der Waals surface area (Å²) in [5.41, 5.74) is 3.82. The largest absolute Gasteiger partial charge is 0.486 e. The van der Waals surface area contributed by atoms with E-state index in [1.807, 2.05) is 0 Å². The highest BCUT2D eigenvalue weighted by Gasteiger charge is 2.27. The first-order valence-corrected chi connectivity index (χ1v) is 13.0. The molecule has 1 fully saturated rings. The Bertz CT molecular complexity index is 1080. The number of benzene rings is 2. The molecular weight excluding hydrogens is 426 g/mol. The summed E-state index contributed by atoms with van der Waals surface area (Å²) in [6.45, 7) is 4.26. The van der Waals surface area contributed by atoms with Crippen LogP contribution < -0.4 is 19.1 Å². The first-order valence-electron chi connectivity index (χ1n) is 11.5. The summed E-state index contributed by atoms with van der Waals surface area (Å²) in [4.78, 5) is 4.91. The van der Waals surface area contributed by atoms with Gasteiger partial charge in [-0.15, -0.1) is 0 Å². The van der Waals surface area contributed by atoms with Crippen molar-refractivity contribution in [2.75, 3.05) is 51.3 Å². The Hall–Kier alpha value is -2.29. The molecule has 3 heterocycles. The van der Waals surface area contributed by atoms with Gasteiger partial charge in [0.1, 0.15) is 13.2 Å². The summed E-state index contributed by atoms with van der Waals surface area (Å²) in [6, 6.07) is 11.4. The van der Waals surface area contributed by atoms with E-state index in [1.165, 1.54) is 23.2 Å². The van der Waals surface area contributed by atoms with E-state index in [9.17, 15) is 8.42 Å². The SMILES string of the molecule is CN1CCc2cc([C@H](CNS(=O)(=O)c3ccc4c(c3)OCCO4)N3CCCCC3)ccc21. The summed E-state index contributed by atoms with van der Waals surface area (Å²) in [7, 11) is -1.56. The Morgan fingerprint density at radius 2 is 1.75 bits per heavy atom. The van der Waals surface area contributed by atoms with Gasteiger partial charge in [0.15, 0.2) is 11.5 Å². The van der Waals surface area contributed by atoms with E-state index in [4.69, 9.17) is 9.47 Å². The van der Waals surface area contributed by atoms with Gasteiger partial charge in [0, 0.05) is 37.9 Å². The minimum atomic E-state index is -3.68. The second-order valence-corrected chi connectivity index (χ2v) is 10.6. The van der Waals surface area contributed by atoms with E-state index in [0.29, 0.717) is 31.3 Å². The Balaban J connectivity index is 1.38. The molecule has 3 aliphatic rings. The van der Waals surface area contributed by atoms with Gasteiger partial charge in [-0.05, 0) is 61.7 Å². The first kappa shape index (κ1) is 21.6. The molecule has 2 aromatic rings. The van der Waals surface area contributed by atoms with Crippen LogP contribution in [0.2, 0.25) is 0 Å². The molecule has 0 bridgehead atoms. The molecule has 7 nitrogen and oxygen atoms in total. The number of likely N-dealkylation sites (N-methyl/N-ethyl adjacent to an activating group) is 1. The molecule has 1 N–H and O–H groups in total. The van der Waals surface area contributed by atoms with Crippen molar-refractivity contribution in [1.82, 2.24) is 9.62 Å². The highest BCUT2D eigenvalue weighted by molar-refractivity contribution is 7.89. The predicted molar refractivity (Wildman–Crippen MR) is 124 cm³/mol. The Morgan fingerprint density at radius 1 is 0.969 bits per heavy atom. The second kappa shape index (κ2) is 8.92. The number of likely N-dealkylation sites (tertiary alicyclic amines) is 1. The number of ether oxygens (including phenoxy) is 2. The fraction of sp³-hybridized carbons (Fsp3) is 0.500. The number of rotatable bonds is 6. The van der Waals surface area contributed by atoms with Gasteiger partial charge in [-0.2, -0.15) is 0 Å². The van der Waals surface area contributed by atoms with Gasteiger partial charge in [-0.3, -0.25) is 4.90 Å². The fourth-order valence-electron chi connectivity index (χ4n) is 4.94. The number of sulfonamides is 1. The number of hydrogen-bond donors (Lipinski definition) is 1. The molecule has 1 atom stereocenters. The van der Waals surface area contributed by atoms with Gasteiger partial charge in [-0.25, -0.2) is 13.1 Å². The van der Waals surface area contributed by atoms with Crippen molar-refractivity contribution in [1.29, 1.82) is 0 Å². The van der Waals surface area contributed by atoms with E-state index in [0.717, 1.165) is 38.9 Å². The zero-order chi connectivity index (χ0) is 22.1. The highest BCUT2D eigenvalue weighted by atomic mass is 32.2. The molecule has 0 amide bonds. The topological polar surface area (TPSA) is 71.1 Å². The number of hydrogen-bond acceptors (Lipinski definition) is 6. The van der Waals surface area contributed by atoms with Gasteiger partial charge in [0.25, 0.3) is 0 Å². The quantitative estimate of drug-likeness (QED) is 0.719. The van der Waals surface area contributed by atoms with Crippen molar-refractivity contribution >= 4 is 15.7 Å². The summed E-state index contributed by atoms with van der Waals surface area (Å²) in [5, 5.41) is 0. The van der Waals surface area contributed by atoms with Crippen LogP contribution in [0.25, 0.3) is 0 Å². The van der Waals surface area contributed by atoms with Crippen molar-refractivity contribution in [2.45, 2.75) is 36.6 Å². The average molecular weight is 458 g/mol. The van der Waals surface area contributed by atoms with Crippen LogP contribution >= 0.6 is 0 Å². The van der Waals surface area contributed by atoms with Crippen LogP contribution in [0.15, 0.2) is 41.3 Å². The lowest BCUT2D eigenvalue weighted by Crippen LogP contribution is -2.40. The van der Waals surface area contributed by atoms with Gasteiger partial charge in [-0.1, -0.05) is 18.6 Å². The van der Waals surface area contributed by atoms with Gasteiger partial charge >= 0.3 is 0 Å². The summed E-state index contributed by atoms with van der Waals surface area (Å²) < 4.78 is 40.2. The standard InChI is InChI=1S/C24H31N3O4S/c1-26-12-9-19-15-18(5-7-21(19)26)22(27-10-3-2-4-11-27)17-25-32(28,29)20-6-8-23-24(16-20)31-14-13-30-23/h5-8,15-16,22,25H,2-4,9-14,17H2,1H3/t22-/m0/s1. The summed E-state index contributed by atoms with van der Waals surface area (Å²) in [6.07, 6.45) is 4.58. The summed E-state index contributed by atoms with van der Waals surface area (Å²) in [5.74, 6) is 1.07. The molecule has 1 saturated heterocycles. The maximum Gasteiger partial charge on any atom is 0.240 e. The molecule has 8 heteroatoms. The van der Waals surface area contributed by atoms with Crippen LogP contribution in [0.3, 0.4) is 0 Å². The lowest BCUT2D eigenvalue weighted by Gasteiger charge is -2.35. The molecule has 5 rings (SSSR count). The fourth-order valence-corrected chi connectivity index (χ4v) is 6.00. The van der Waals surface area contributed by atoms with Gasteiger partial charge in [0.2, 0.25) is 10.0 Å². The van der Waals surface area contributed by atoms with Crippen LogP contribution in [-0.2, 0) is 16.4 Å². The van der Waals surface area contributed by atoms with Crippen LogP contribution in [-0.4, -0.2) is 59.8 Å². The van der Waals surface area contributed by atoms with E-state index >= 15 is 0 Å². The van der Waals surface area contributed by atoms with E-state index < -0.39 is 10.0 Å². The third-order valence-corrected chi connectivity index (χ3v) is 8.16. The van der Waals surface area contributed by atoms with Crippen molar-refractivity contribution in [3.63, 3.8) is 0 Å². The zero-order valence-electron chi connectivity index (χ0n) is 18.5. The zero-order valence-corrected chi connectivity index (χ0v) is 19.4. The molecule has 0 radical (unpaired) electrons. The molecule has 0 aromatic heterocycles. The third kappa shape index (κ3) is 4.31. The van der Waals surface area contributed by atoms with E-state index in [1.54, 1.807) is 18.2 Å². The number of nitrogens with one attached hydrogen (secondary N) is 1. The maximum absolute atomic E-state index is 13.1. The molecule has 2 aromatic carbocycles. The number of fused-ring (bicyclic) bond motifs is 2. The van der Waals surface area contributed by atoms with Crippen LogP contribution in [0.4, 0.5) is 5.69 Å². The van der Waals surface area contributed by atoms with Gasteiger partial charge in [0.05, 0.1) is 4.90 Å². The first-order chi connectivity index (χ1) is 15.5. The lowest BCUT2D eigenvalue weighted by molar-refractivity contribution is 0.164. The van der Waals surface area contributed by atoms with Crippen molar-refractivity contribution in [3.8, 4) is 11.5 Å². The lowest BCUT2D eigenvalue weighted by atomic mass is 9.99. The Morgan fingerprint density at radius 3 is 2.56 bits per heavy atom. The van der Waals surface area contributed by atoms with Crippen molar-refractivity contribution in [2.24, 2.45) is 0 Å². The molecular formula is C24H31N3O4S. The molecule has 0 unspecified atom stereocenters. The molecule has 0 spiro atoms. The summed E-state index contributed by atoms with van der Waals surface area (Å²) >= 11 is 0. The number of anilines is 1. The molecule has 172 valence electrons. The Kier molecular flexibility index (Phi) is 6.01. The van der Waals surface area contributed by atoms with Crippen LogP contribution in [0.5, 0.6) is 11.5 Å². The molecule has 32 heavy (non-hydrogen) atoms. The smallest absolute Gasteiger partial charge is 0.240 e. The highest BCUT2D eigenvalue weighted by Crippen LogP contribution is 2.34. The van der Waals surface area contributed by atoms with Crippen LogP contribution in [0, 0.1) is 0 Å². The van der Waals surface area contributed by atoms with Crippen molar-refractivity contribution in [3.05, 3.63) is 47.5 Å². The average Bonchev–Trinajstić information content (AvgIpc) is 3.19. The van der Waals surface area contributed by atoms with Gasteiger partial charge < -0.3 is 14.4 Å². The monoisotopic (exact) mass is 457 g/mol. The minimum Gasteiger partial charge on any atom is -0.486 e. The molecule has 3 aliphatic heterocycles. The van der Waals surface area contributed by atoms with Crippen LogP contribution in [0.1, 0.15) is 36.4 Å². The Labute approximate surface area is 190 Å². The second-order valence-electron chi connectivity index (χ2n) is 8.83. The molecule has 0 aliphatic carbocycles. The van der Waals surface area contributed by atoms with E-state index in [-0.39, 0.29) is 10.9 Å².